The summed E-state index contributed by atoms with van der Waals surface area (Å²) in [6.07, 6.45) is 8.22. The van der Waals surface area contributed by atoms with Gasteiger partial charge in [0, 0.05) is 28.6 Å². The van der Waals surface area contributed by atoms with E-state index in [1.807, 2.05) is 6.20 Å². The minimum Gasteiger partial charge on any atom is -0.299 e. The van der Waals surface area contributed by atoms with Gasteiger partial charge in [0.05, 0.1) is 16.7 Å². The van der Waals surface area contributed by atoms with Gasteiger partial charge >= 0.3 is 0 Å². The summed E-state index contributed by atoms with van der Waals surface area (Å²) in [5, 5.41) is 2.44. The molecule has 6 rings (SSSR count). The van der Waals surface area contributed by atoms with Gasteiger partial charge in [0.15, 0.2) is 0 Å². The van der Waals surface area contributed by atoms with Crippen LogP contribution in [0.1, 0.15) is 74.3 Å². The topological polar surface area (TPSA) is 30.2 Å². The summed E-state index contributed by atoms with van der Waals surface area (Å²) in [6, 6.07) is 6.70. The number of hydrogen-bond acceptors (Lipinski definition) is 2. The molecule has 3 nitrogen and oxygen atoms in total. The maximum atomic E-state index is 5.12. The Bertz CT molecular complexity index is 1260. The monoisotopic (exact) mass is 355 g/mol. The fraction of sp³-hybridized carbons (Fsp3) is 0.417. The Morgan fingerprint density at radius 3 is 2.59 bits per heavy atom. The lowest BCUT2D eigenvalue weighted by molar-refractivity contribution is 0.575. The van der Waals surface area contributed by atoms with Crippen LogP contribution in [0.2, 0.25) is 0 Å². The Morgan fingerprint density at radius 1 is 1.04 bits per heavy atom. The number of aromatic nitrogens is 3. The largest absolute Gasteiger partial charge is 0.299 e. The predicted molar refractivity (Wildman–Crippen MR) is 111 cm³/mol. The fourth-order valence-electron chi connectivity index (χ4n) is 5.82. The van der Waals surface area contributed by atoms with Gasteiger partial charge in [-0.25, -0.2) is 4.98 Å². The smallest absolute Gasteiger partial charge is 0.145 e. The van der Waals surface area contributed by atoms with E-state index in [0.29, 0.717) is 0 Å². The Kier molecular flexibility index (Phi) is 2.83. The van der Waals surface area contributed by atoms with Gasteiger partial charge < -0.3 is 0 Å². The van der Waals surface area contributed by atoms with Crippen LogP contribution < -0.4 is 0 Å². The number of pyridine rings is 2. The third kappa shape index (κ3) is 1.92. The minimum atomic E-state index is 0.0147. The van der Waals surface area contributed by atoms with Crippen molar-refractivity contribution >= 4 is 27.5 Å². The van der Waals surface area contributed by atoms with Gasteiger partial charge in [0.2, 0.25) is 0 Å². The van der Waals surface area contributed by atoms with Crippen molar-refractivity contribution in [3.05, 3.63) is 53.0 Å². The second-order valence-corrected chi connectivity index (χ2v) is 9.59. The quantitative estimate of drug-likeness (QED) is 0.387. The van der Waals surface area contributed by atoms with Crippen LogP contribution in [0.25, 0.3) is 27.5 Å². The van der Waals surface area contributed by atoms with E-state index in [4.69, 9.17) is 9.97 Å². The van der Waals surface area contributed by atoms with Gasteiger partial charge in [-0.05, 0) is 72.9 Å². The molecular formula is C24H25N3. The van der Waals surface area contributed by atoms with Crippen molar-refractivity contribution in [1.29, 1.82) is 0 Å². The molecule has 0 aliphatic heterocycles. The van der Waals surface area contributed by atoms with E-state index in [2.05, 4.69) is 56.5 Å². The lowest BCUT2D eigenvalue weighted by atomic mass is 9.87. The number of hydrogen-bond donors (Lipinski definition) is 0. The number of rotatable bonds is 0. The number of benzene rings is 1. The Hall–Kier alpha value is -2.42. The van der Waals surface area contributed by atoms with Gasteiger partial charge in [0.25, 0.3) is 0 Å². The Balaban J connectivity index is 1.77. The van der Waals surface area contributed by atoms with E-state index in [-0.39, 0.29) is 5.41 Å². The predicted octanol–water partition coefficient (Wildman–Crippen LogP) is 6.01. The summed E-state index contributed by atoms with van der Waals surface area (Å²) >= 11 is 0. The third-order valence-corrected chi connectivity index (χ3v) is 6.84. The lowest BCUT2D eigenvalue weighted by Gasteiger charge is -2.20. The third-order valence-electron chi connectivity index (χ3n) is 6.84. The van der Waals surface area contributed by atoms with E-state index in [9.17, 15) is 0 Å². The first-order valence-corrected chi connectivity index (χ1v) is 10.2. The van der Waals surface area contributed by atoms with Crippen molar-refractivity contribution in [3.8, 4) is 0 Å². The Labute approximate surface area is 159 Å². The van der Waals surface area contributed by atoms with Crippen LogP contribution in [-0.4, -0.2) is 14.4 Å². The van der Waals surface area contributed by atoms with Crippen molar-refractivity contribution in [2.75, 3.05) is 0 Å². The standard InChI is InChI=1S/C24H25N3/c1-13-11-18-21(20-15-6-5-14(12-15)19(13)20)27-10-8-16-17(23(27)26-18)7-9-25-22(16)24(2,3)4/h7-11,14-15H,5-6,12H2,1-4H3. The number of imidazole rings is 1. The molecule has 1 saturated carbocycles. The molecule has 0 saturated heterocycles. The van der Waals surface area contributed by atoms with E-state index in [1.165, 1.54) is 41.1 Å². The molecule has 1 aromatic carbocycles. The second-order valence-electron chi connectivity index (χ2n) is 9.59. The number of fused-ring (bicyclic) bond motifs is 11. The van der Waals surface area contributed by atoms with E-state index < -0.39 is 0 Å². The van der Waals surface area contributed by atoms with Crippen LogP contribution in [0, 0.1) is 6.92 Å². The van der Waals surface area contributed by atoms with Crippen molar-refractivity contribution in [3.63, 3.8) is 0 Å². The highest BCUT2D eigenvalue weighted by Crippen LogP contribution is 2.56. The zero-order valence-corrected chi connectivity index (χ0v) is 16.5. The zero-order valence-electron chi connectivity index (χ0n) is 16.5. The Morgan fingerprint density at radius 2 is 1.81 bits per heavy atom. The molecule has 2 bridgehead atoms. The molecule has 3 aromatic heterocycles. The van der Waals surface area contributed by atoms with Crippen molar-refractivity contribution in [1.82, 2.24) is 14.4 Å². The molecule has 0 amide bonds. The minimum absolute atomic E-state index is 0.0147. The van der Waals surface area contributed by atoms with Crippen molar-refractivity contribution < 1.29 is 0 Å². The second kappa shape index (κ2) is 4.89. The van der Waals surface area contributed by atoms with Crippen LogP contribution in [0.5, 0.6) is 0 Å². The molecular weight excluding hydrogens is 330 g/mol. The molecule has 136 valence electrons. The molecule has 2 aliphatic carbocycles. The highest BCUT2D eigenvalue weighted by molar-refractivity contribution is 6.00. The van der Waals surface area contributed by atoms with Crippen LogP contribution in [0.15, 0.2) is 30.6 Å². The first-order valence-electron chi connectivity index (χ1n) is 10.2. The van der Waals surface area contributed by atoms with Gasteiger partial charge in [-0.15, -0.1) is 0 Å². The number of nitrogens with zero attached hydrogens (tertiary/aromatic N) is 3. The average Bonchev–Trinajstić information content (AvgIpc) is 3.32. The molecule has 0 radical (unpaired) electrons. The van der Waals surface area contributed by atoms with Crippen LogP contribution in [0.4, 0.5) is 0 Å². The molecule has 27 heavy (non-hydrogen) atoms. The molecule has 1 fully saturated rings. The van der Waals surface area contributed by atoms with Gasteiger partial charge in [-0.3, -0.25) is 9.38 Å². The molecule has 4 aromatic rings. The molecule has 2 unspecified atom stereocenters. The summed E-state index contributed by atoms with van der Waals surface area (Å²) in [7, 11) is 0. The summed E-state index contributed by atoms with van der Waals surface area (Å²) in [5.74, 6) is 1.50. The van der Waals surface area contributed by atoms with Crippen LogP contribution in [-0.2, 0) is 5.41 Å². The van der Waals surface area contributed by atoms with E-state index >= 15 is 0 Å². The summed E-state index contributed by atoms with van der Waals surface area (Å²) in [5.41, 5.74) is 9.41. The molecule has 0 spiro atoms. The maximum absolute atomic E-state index is 5.12. The van der Waals surface area contributed by atoms with E-state index in [1.54, 1.807) is 11.1 Å². The summed E-state index contributed by atoms with van der Waals surface area (Å²) < 4.78 is 2.35. The SMILES string of the molecule is Cc1cc2nc3c4ccnc(C(C)(C)C)c4ccn3c2c2c1C1CCC2C1. The summed E-state index contributed by atoms with van der Waals surface area (Å²) in [4.78, 5) is 9.83. The van der Waals surface area contributed by atoms with Gasteiger partial charge in [-0.2, -0.15) is 0 Å². The summed E-state index contributed by atoms with van der Waals surface area (Å²) in [6.45, 7) is 8.97. The normalized spacial score (nSPS) is 21.6. The van der Waals surface area contributed by atoms with Crippen molar-refractivity contribution in [2.45, 2.75) is 64.2 Å². The van der Waals surface area contributed by atoms with Crippen LogP contribution >= 0.6 is 0 Å². The highest BCUT2D eigenvalue weighted by atomic mass is 15.0. The first-order chi connectivity index (χ1) is 12.9. The van der Waals surface area contributed by atoms with E-state index in [0.717, 1.165) is 28.7 Å². The highest BCUT2D eigenvalue weighted by Gasteiger charge is 2.40. The van der Waals surface area contributed by atoms with Crippen LogP contribution in [0.3, 0.4) is 0 Å². The average molecular weight is 355 g/mol. The number of aryl methyl sites for hydroxylation is 1. The maximum Gasteiger partial charge on any atom is 0.145 e. The van der Waals surface area contributed by atoms with Gasteiger partial charge in [-0.1, -0.05) is 20.8 Å². The molecule has 2 aliphatic rings. The van der Waals surface area contributed by atoms with Crippen molar-refractivity contribution in [2.24, 2.45) is 0 Å². The molecule has 3 heteroatoms. The molecule has 3 heterocycles. The van der Waals surface area contributed by atoms with Gasteiger partial charge in [0.1, 0.15) is 5.65 Å². The fourth-order valence-corrected chi connectivity index (χ4v) is 5.82. The molecule has 0 N–H and O–H groups in total. The molecule has 2 atom stereocenters. The lowest BCUT2D eigenvalue weighted by Crippen LogP contribution is -2.14. The first kappa shape index (κ1) is 15.6. The zero-order chi connectivity index (χ0) is 18.5.